The molecule has 0 saturated carbocycles. The van der Waals surface area contributed by atoms with E-state index in [1.54, 1.807) is 21.3 Å². The Morgan fingerprint density at radius 1 is 0.500 bits per heavy atom. The van der Waals surface area contributed by atoms with Crippen molar-refractivity contribution in [2.75, 3.05) is 69.2 Å². The van der Waals surface area contributed by atoms with E-state index in [1.165, 1.54) is 83.8 Å². The zero-order valence-corrected chi connectivity index (χ0v) is 24.2. The van der Waals surface area contributed by atoms with Gasteiger partial charge in [-0.15, -0.1) is 0 Å². The third kappa shape index (κ3) is 17.2. The van der Waals surface area contributed by atoms with Crippen molar-refractivity contribution in [1.82, 2.24) is 9.80 Å². The highest BCUT2D eigenvalue weighted by Gasteiger charge is 2.29. The molecule has 0 fully saturated rings. The molecule has 6 heteroatoms. The summed E-state index contributed by atoms with van der Waals surface area (Å²) in [6, 6.07) is 0. The molecule has 0 aromatic rings. The van der Waals surface area contributed by atoms with Gasteiger partial charge in [-0.3, -0.25) is 0 Å². The summed E-state index contributed by atoms with van der Waals surface area (Å²) in [5.41, 5.74) is 0. The van der Waals surface area contributed by atoms with Gasteiger partial charge in [-0.1, -0.05) is 58.3 Å². The van der Waals surface area contributed by atoms with Crippen LogP contribution < -0.4 is 0 Å². The van der Waals surface area contributed by atoms with E-state index in [-0.39, 0.29) is 24.4 Å². The van der Waals surface area contributed by atoms with Crippen LogP contribution in [0.2, 0.25) is 0 Å². The van der Waals surface area contributed by atoms with Gasteiger partial charge in [-0.2, -0.15) is 0 Å². The molecule has 0 aliphatic rings. The highest BCUT2D eigenvalue weighted by molar-refractivity contribution is 4.80. The molecule has 0 aromatic heterocycles. The second-order valence-corrected chi connectivity index (χ2v) is 10.2. The standard InChI is InChI=1S/C28H60N2O4/c1-9-10-15-19-25(31-5)27(33-7)24-28(34-8)26(32-6)20-16-13-11-12-14-17-22-30(4)23-18-21-29(2)3/h25-28H,9-24H2,1-8H3. The second kappa shape index (κ2) is 23.2. The van der Waals surface area contributed by atoms with Gasteiger partial charge in [-0.05, 0) is 66.5 Å². The lowest BCUT2D eigenvalue weighted by Gasteiger charge is -2.31. The van der Waals surface area contributed by atoms with Gasteiger partial charge < -0.3 is 28.7 Å². The maximum Gasteiger partial charge on any atom is 0.0858 e. The van der Waals surface area contributed by atoms with Gasteiger partial charge in [0.05, 0.1) is 24.4 Å². The highest BCUT2D eigenvalue weighted by atomic mass is 16.5. The Labute approximate surface area is 213 Å². The molecule has 0 saturated heterocycles. The average Bonchev–Trinajstić information content (AvgIpc) is 2.82. The number of hydrogen-bond acceptors (Lipinski definition) is 6. The summed E-state index contributed by atoms with van der Waals surface area (Å²) >= 11 is 0. The van der Waals surface area contributed by atoms with Crippen LogP contribution in [0.15, 0.2) is 0 Å². The van der Waals surface area contributed by atoms with Crippen LogP contribution >= 0.6 is 0 Å². The van der Waals surface area contributed by atoms with Crippen LogP contribution in [-0.2, 0) is 18.9 Å². The fraction of sp³-hybridized carbons (Fsp3) is 1.00. The molecule has 34 heavy (non-hydrogen) atoms. The Hall–Kier alpha value is -0.240. The van der Waals surface area contributed by atoms with Gasteiger partial charge in [0.1, 0.15) is 0 Å². The predicted octanol–water partition coefficient (Wildman–Crippen LogP) is 5.63. The van der Waals surface area contributed by atoms with E-state index >= 15 is 0 Å². The molecule has 206 valence electrons. The lowest BCUT2D eigenvalue weighted by atomic mass is 9.96. The number of methoxy groups -OCH3 is 4. The van der Waals surface area contributed by atoms with Crippen LogP contribution in [0.3, 0.4) is 0 Å². The van der Waals surface area contributed by atoms with Crippen LogP contribution in [0.25, 0.3) is 0 Å². The normalized spacial score (nSPS) is 15.7. The largest absolute Gasteiger partial charge is 0.379 e. The zero-order chi connectivity index (χ0) is 25.6. The lowest BCUT2D eigenvalue weighted by molar-refractivity contribution is -0.0979. The van der Waals surface area contributed by atoms with Crippen molar-refractivity contribution in [2.45, 2.75) is 115 Å². The maximum atomic E-state index is 5.86. The molecule has 0 radical (unpaired) electrons. The summed E-state index contributed by atoms with van der Waals surface area (Å²) in [4.78, 5) is 4.74. The Balaban J connectivity index is 4.16. The minimum Gasteiger partial charge on any atom is -0.379 e. The average molecular weight is 489 g/mol. The van der Waals surface area contributed by atoms with Crippen molar-refractivity contribution >= 4 is 0 Å². The van der Waals surface area contributed by atoms with Gasteiger partial charge in [0.2, 0.25) is 0 Å². The SMILES string of the molecule is CCCCCC(OC)C(CC(OC)C(CCCCCCCCN(C)CCCN(C)C)OC)OC. The molecule has 0 rings (SSSR count). The van der Waals surface area contributed by atoms with Gasteiger partial charge >= 0.3 is 0 Å². The number of unbranched alkanes of at least 4 members (excludes halogenated alkanes) is 7. The minimum absolute atomic E-state index is 0.0295. The van der Waals surface area contributed by atoms with Crippen molar-refractivity contribution in [3.8, 4) is 0 Å². The molecule has 0 aromatic carbocycles. The van der Waals surface area contributed by atoms with E-state index in [0.717, 1.165) is 19.3 Å². The predicted molar refractivity (Wildman–Crippen MR) is 145 cm³/mol. The van der Waals surface area contributed by atoms with Crippen molar-refractivity contribution in [1.29, 1.82) is 0 Å². The molecule has 0 aliphatic carbocycles. The van der Waals surface area contributed by atoms with E-state index in [0.29, 0.717) is 0 Å². The fourth-order valence-corrected chi connectivity index (χ4v) is 4.74. The Morgan fingerprint density at radius 2 is 0.941 bits per heavy atom. The van der Waals surface area contributed by atoms with Crippen LogP contribution in [-0.4, -0.2) is 103 Å². The molecule has 4 unspecified atom stereocenters. The van der Waals surface area contributed by atoms with Crippen LogP contribution in [0, 0.1) is 0 Å². The van der Waals surface area contributed by atoms with Gasteiger partial charge in [0.25, 0.3) is 0 Å². The molecule has 0 N–H and O–H groups in total. The fourth-order valence-electron chi connectivity index (χ4n) is 4.74. The molecule has 0 bridgehead atoms. The van der Waals surface area contributed by atoms with Gasteiger partial charge in [0, 0.05) is 34.9 Å². The zero-order valence-electron chi connectivity index (χ0n) is 24.2. The monoisotopic (exact) mass is 488 g/mol. The van der Waals surface area contributed by atoms with E-state index in [1.807, 2.05) is 7.11 Å². The third-order valence-electron chi connectivity index (χ3n) is 7.02. The summed E-state index contributed by atoms with van der Waals surface area (Å²) in [7, 11) is 13.7. The molecule has 0 heterocycles. The lowest BCUT2D eigenvalue weighted by Crippen LogP contribution is -2.39. The Morgan fingerprint density at radius 3 is 1.41 bits per heavy atom. The van der Waals surface area contributed by atoms with Crippen LogP contribution in [0.1, 0.15) is 90.4 Å². The summed E-state index contributed by atoms with van der Waals surface area (Å²) in [5.74, 6) is 0. The summed E-state index contributed by atoms with van der Waals surface area (Å²) < 4.78 is 23.3. The molecule has 0 amide bonds. The van der Waals surface area contributed by atoms with Gasteiger partial charge in [-0.25, -0.2) is 0 Å². The van der Waals surface area contributed by atoms with E-state index < -0.39 is 0 Å². The van der Waals surface area contributed by atoms with Crippen molar-refractivity contribution < 1.29 is 18.9 Å². The number of rotatable bonds is 25. The first-order chi connectivity index (χ1) is 16.4. The van der Waals surface area contributed by atoms with Crippen LogP contribution in [0.5, 0.6) is 0 Å². The topological polar surface area (TPSA) is 43.4 Å². The van der Waals surface area contributed by atoms with Crippen molar-refractivity contribution in [3.05, 3.63) is 0 Å². The van der Waals surface area contributed by atoms with Crippen LogP contribution in [0.4, 0.5) is 0 Å². The molecule has 0 aliphatic heterocycles. The first kappa shape index (κ1) is 33.8. The summed E-state index contributed by atoms with van der Waals surface area (Å²) in [5, 5.41) is 0. The van der Waals surface area contributed by atoms with Crippen molar-refractivity contribution in [2.24, 2.45) is 0 Å². The highest BCUT2D eigenvalue weighted by Crippen LogP contribution is 2.22. The van der Waals surface area contributed by atoms with E-state index in [2.05, 4.69) is 37.9 Å². The first-order valence-corrected chi connectivity index (χ1v) is 13.9. The molecule has 6 nitrogen and oxygen atoms in total. The summed E-state index contributed by atoms with van der Waals surface area (Å²) in [6.45, 7) is 5.82. The maximum absolute atomic E-state index is 5.86. The minimum atomic E-state index is 0.0295. The Kier molecular flexibility index (Phi) is 23.0. The smallest absolute Gasteiger partial charge is 0.0858 e. The quantitative estimate of drug-likeness (QED) is 0.155. The molecule has 4 atom stereocenters. The summed E-state index contributed by atoms with van der Waals surface area (Å²) in [6.07, 6.45) is 15.7. The number of ether oxygens (including phenoxy) is 4. The molecule has 0 spiro atoms. The molecular formula is C28H60N2O4. The first-order valence-electron chi connectivity index (χ1n) is 13.9. The third-order valence-corrected chi connectivity index (χ3v) is 7.02. The number of nitrogens with zero attached hydrogens (tertiary/aromatic N) is 2. The second-order valence-electron chi connectivity index (χ2n) is 10.2. The van der Waals surface area contributed by atoms with Crippen molar-refractivity contribution in [3.63, 3.8) is 0 Å². The van der Waals surface area contributed by atoms with Gasteiger partial charge in [0.15, 0.2) is 0 Å². The molecular weight excluding hydrogens is 428 g/mol. The van der Waals surface area contributed by atoms with E-state index in [9.17, 15) is 0 Å². The number of hydrogen-bond donors (Lipinski definition) is 0. The van der Waals surface area contributed by atoms with E-state index in [4.69, 9.17) is 18.9 Å². The Bertz CT molecular complexity index is 425.